The van der Waals surface area contributed by atoms with Gasteiger partial charge >= 0.3 is 5.97 Å². The number of hydrogen-bond acceptors (Lipinski definition) is 2. The molecular weight excluding hydrogens is 306 g/mol. The standard InChI is InChI=1S/C15H18BrNO2/c16-11-5-6-12(15(18)19)14(9-11)17-8-7-10-3-1-2-4-13(10)17/h5-6,9-10,13H,1-4,7-8H2,(H,18,19). The van der Waals surface area contributed by atoms with Crippen molar-refractivity contribution < 1.29 is 9.90 Å². The Kier molecular flexibility index (Phi) is 3.52. The van der Waals surface area contributed by atoms with Crippen molar-refractivity contribution in [3.8, 4) is 0 Å². The van der Waals surface area contributed by atoms with Crippen molar-refractivity contribution in [2.45, 2.75) is 38.1 Å². The summed E-state index contributed by atoms with van der Waals surface area (Å²) in [7, 11) is 0. The zero-order valence-corrected chi connectivity index (χ0v) is 12.4. The first-order valence-electron chi connectivity index (χ1n) is 6.96. The van der Waals surface area contributed by atoms with Crippen LogP contribution in [0.25, 0.3) is 0 Å². The Balaban J connectivity index is 1.97. The molecule has 2 aliphatic rings. The summed E-state index contributed by atoms with van der Waals surface area (Å²) in [4.78, 5) is 13.7. The van der Waals surface area contributed by atoms with Crippen molar-refractivity contribution in [2.75, 3.05) is 11.4 Å². The molecule has 1 aliphatic heterocycles. The molecule has 1 aromatic rings. The van der Waals surface area contributed by atoms with Gasteiger partial charge in [-0.1, -0.05) is 28.8 Å². The van der Waals surface area contributed by atoms with E-state index < -0.39 is 5.97 Å². The number of aromatic carboxylic acids is 1. The van der Waals surface area contributed by atoms with Gasteiger partial charge in [0.25, 0.3) is 0 Å². The quantitative estimate of drug-likeness (QED) is 0.896. The van der Waals surface area contributed by atoms with E-state index in [9.17, 15) is 9.90 Å². The third kappa shape index (κ3) is 2.38. The molecule has 0 amide bonds. The lowest BCUT2D eigenvalue weighted by atomic mass is 9.85. The van der Waals surface area contributed by atoms with E-state index in [0.29, 0.717) is 11.6 Å². The van der Waals surface area contributed by atoms with Crippen LogP contribution in [-0.4, -0.2) is 23.7 Å². The molecule has 1 saturated carbocycles. The number of fused-ring (bicyclic) bond motifs is 1. The van der Waals surface area contributed by atoms with E-state index >= 15 is 0 Å². The maximum atomic E-state index is 11.4. The van der Waals surface area contributed by atoms with Gasteiger partial charge in [0.2, 0.25) is 0 Å². The average Bonchev–Trinajstić information content (AvgIpc) is 2.82. The molecule has 1 saturated heterocycles. The van der Waals surface area contributed by atoms with Crippen molar-refractivity contribution in [2.24, 2.45) is 5.92 Å². The number of benzene rings is 1. The number of nitrogens with zero attached hydrogens (tertiary/aromatic N) is 1. The lowest BCUT2D eigenvalue weighted by Gasteiger charge is -2.34. The van der Waals surface area contributed by atoms with Gasteiger partial charge in [-0.05, 0) is 43.4 Å². The molecule has 3 rings (SSSR count). The highest BCUT2D eigenvalue weighted by atomic mass is 79.9. The van der Waals surface area contributed by atoms with Gasteiger partial charge in [-0.3, -0.25) is 0 Å². The number of rotatable bonds is 2. The van der Waals surface area contributed by atoms with Crippen LogP contribution in [0.1, 0.15) is 42.5 Å². The van der Waals surface area contributed by atoms with Crippen LogP contribution in [0, 0.1) is 5.92 Å². The summed E-state index contributed by atoms with van der Waals surface area (Å²) in [6.45, 7) is 0.992. The normalized spacial score (nSPS) is 26.3. The molecule has 1 N–H and O–H groups in total. The van der Waals surface area contributed by atoms with E-state index in [1.807, 2.05) is 6.07 Å². The largest absolute Gasteiger partial charge is 0.478 e. The highest BCUT2D eigenvalue weighted by Gasteiger charge is 2.37. The minimum atomic E-state index is -0.832. The Morgan fingerprint density at radius 1 is 1.26 bits per heavy atom. The van der Waals surface area contributed by atoms with E-state index in [4.69, 9.17) is 0 Å². The predicted molar refractivity (Wildman–Crippen MR) is 78.8 cm³/mol. The van der Waals surface area contributed by atoms with Crippen molar-refractivity contribution in [3.63, 3.8) is 0 Å². The second-order valence-corrected chi connectivity index (χ2v) is 6.48. The molecule has 1 heterocycles. The Morgan fingerprint density at radius 3 is 2.84 bits per heavy atom. The lowest BCUT2D eigenvalue weighted by molar-refractivity contribution is 0.0697. The van der Waals surface area contributed by atoms with Crippen LogP contribution in [0.4, 0.5) is 5.69 Å². The molecule has 1 aromatic carbocycles. The fourth-order valence-corrected chi connectivity index (χ4v) is 3.98. The molecule has 0 aromatic heterocycles. The van der Waals surface area contributed by atoms with Crippen molar-refractivity contribution in [3.05, 3.63) is 28.2 Å². The van der Waals surface area contributed by atoms with Crippen LogP contribution in [-0.2, 0) is 0 Å². The third-order valence-electron chi connectivity index (χ3n) is 4.51. The fraction of sp³-hybridized carbons (Fsp3) is 0.533. The van der Waals surface area contributed by atoms with Crippen LogP contribution < -0.4 is 4.90 Å². The average molecular weight is 324 g/mol. The van der Waals surface area contributed by atoms with Gasteiger partial charge in [-0.25, -0.2) is 4.79 Å². The van der Waals surface area contributed by atoms with Gasteiger partial charge in [0.1, 0.15) is 0 Å². The SMILES string of the molecule is O=C(O)c1ccc(Br)cc1N1CCC2CCCCC21. The van der Waals surface area contributed by atoms with Gasteiger partial charge in [-0.2, -0.15) is 0 Å². The monoisotopic (exact) mass is 323 g/mol. The van der Waals surface area contributed by atoms with E-state index in [1.54, 1.807) is 12.1 Å². The van der Waals surface area contributed by atoms with Crippen molar-refractivity contribution in [1.29, 1.82) is 0 Å². The Bertz CT molecular complexity index is 503. The second-order valence-electron chi connectivity index (χ2n) is 5.56. The highest BCUT2D eigenvalue weighted by Crippen LogP contribution is 2.40. The highest BCUT2D eigenvalue weighted by molar-refractivity contribution is 9.10. The van der Waals surface area contributed by atoms with Gasteiger partial charge in [0.15, 0.2) is 0 Å². The van der Waals surface area contributed by atoms with Crippen LogP contribution in [0.2, 0.25) is 0 Å². The van der Waals surface area contributed by atoms with Crippen LogP contribution in [0.3, 0.4) is 0 Å². The Labute approximate surface area is 121 Å². The zero-order valence-electron chi connectivity index (χ0n) is 10.8. The van der Waals surface area contributed by atoms with Crippen molar-refractivity contribution >= 4 is 27.6 Å². The molecule has 1 aliphatic carbocycles. The number of carboxylic acids is 1. The minimum Gasteiger partial charge on any atom is -0.478 e. The number of halogens is 1. The lowest BCUT2D eigenvalue weighted by Crippen LogP contribution is -2.35. The predicted octanol–water partition coefficient (Wildman–Crippen LogP) is 3.92. The molecular formula is C15H18BrNO2. The molecule has 19 heavy (non-hydrogen) atoms. The first kappa shape index (κ1) is 13.0. The minimum absolute atomic E-state index is 0.425. The molecule has 2 fully saturated rings. The fourth-order valence-electron chi connectivity index (χ4n) is 3.63. The molecule has 3 nitrogen and oxygen atoms in total. The summed E-state index contributed by atoms with van der Waals surface area (Å²) in [6, 6.07) is 6.01. The molecule has 4 heteroatoms. The van der Waals surface area contributed by atoms with Crippen molar-refractivity contribution in [1.82, 2.24) is 0 Å². The second kappa shape index (κ2) is 5.16. The number of hydrogen-bond donors (Lipinski definition) is 1. The van der Waals surface area contributed by atoms with E-state index in [1.165, 1.54) is 32.1 Å². The summed E-state index contributed by atoms with van der Waals surface area (Å²) >= 11 is 3.46. The van der Waals surface area contributed by atoms with Gasteiger partial charge in [0, 0.05) is 17.1 Å². The third-order valence-corrected chi connectivity index (χ3v) is 5.00. The molecule has 0 bridgehead atoms. The maximum absolute atomic E-state index is 11.4. The molecule has 0 radical (unpaired) electrons. The number of anilines is 1. The number of carbonyl (C=O) groups is 1. The molecule has 0 spiro atoms. The van der Waals surface area contributed by atoms with Gasteiger partial charge in [0.05, 0.1) is 11.3 Å². The Hall–Kier alpha value is -1.03. The molecule has 102 valence electrons. The maximum Gasteiger partial charge on any atom is 0.337 e. The summed E-state index contributed by atoms with van der Waals surface area (Å²) in [5.74, 6) is -0.0730. The van der Waals surface area contributed by atoms with Crippen LogP contribution in [0.15, 0.2) is 22.7 Å². The number of carboxylic acid groups (broad SMARTS) is 1. The van der Waals surface area contributed by atoms with E-state index in [0.717, 1.165) is 22.6 Å². The van der Waals surface area contributed by atoms with Crippen LogP contribution >= 0.6 is 15.9 Å². The molecule has 2 unspecified atom stereocenters. The molecule has 2 atom stereocenters. The summed E-state index contributed by atoms with van der Waals surface area (Å²) < 4.78 is 0.951. The van der Waals surface area contributed by atoms with E-state index in [-0.39, 0.29) is 0 Å². The first-order valence-corrected chi connectivity index (χ1v) is 7.75. The summed E-state index contributed by atoms with van der Waals surface area (Å²) in [5, 5.41) is 9.37. The van der Waals surface area contributed by atoms with Crippen LogP contribution in [0.5, 0.6) is 0 Å². The topological polar surface area (TPSA) is 40.5 Å². The summed E-state index contributed by atoms with van der Waals surface area (Å²) in [6.07, 6.45) is 6.32. The first-order chi connectivity index (χ1) is 9.16. The smallest absolute Gasteiger partial charge is 0.337 e. The van der Waals surface area contributed by atoms with Gasteiger partial charge < -0.3 is 10.0 Å². The summed E-state index contributed by atoms with van der Waals surface area (Å²) in [5.41, 5.74) is 1.31. The van der Waals surface area contributed by atoms with E-state index in [2.05, 4.69) is 20.8 Å². The van der Waals surface area contributed by atoms with Gasteiger partial charge in [-0.15, -0.1) is 0 Å². The Morgan fingerprint density at radius 2 is 2.05 bits per heavy atom. The zero-order chi connectivity index (χ0) is 13.4.